The van der Waals surface area contributed by atoms with Gasteiger partial charge in [0.1, 0.15) is 11.6 Å². The topological polar surface area (TPSA) is 165 Å². The number of imidazole rings is 1. The first-order chi connectivity index (χ1) is 19.3. The fourth-order valence-electron chi connectivity index (χ4n) is 3.68. The number of aromatic nitrogens is 4. The monoisotopic (exact) mass is 558 g/mol. The van der Waals surface area contributed by atoms with Gasteiger partial charge in [0.05, 0.1) is 28.6 Å². The highest BCUT2D eigenvalue weighted by atomic mass is 32.2. The maximum Gasteiger partial charge on any atom is 0.338 e. The molecule has 40 heavy (non-hydrogen) atoms. The number of methoxy groups -OCH3 is 1. The smallest absolute Gasteiger partial charge is 0.338 e. The summed E-state index contributed by atoms with van der Waals surface area (Å²) in [6.45, 7) is -0.538. The third kappa shape index (κ3) is 6.05. The van der Waals surface area contributed by atoms with Crippen LogP contribution in [0.25, 0.3) is 22.4 Å². The minimum absolute atomic E-state index is 0.0475. The Morgan fingerprint density at radius 3 is 2.38 bits per heavy atom. The predicted molar refractivity (Wildman–Crippen MR) is 146 cm³/mol. The lowest BCUT2D eigenvalue weighted by molar-refractivity contribution is -0.119. The molecule has 2 aromatic heterocycles. The molecule has 0 radical (unpaired) electrons. The van der Waals surface area contributed by atoms with Crippen LogP contribution in [0.5, 0.6) is 5.75 Å². The molecule has 12 nitrogen and oxygen atoms in total. The van der Waals surface area contributed by atoms with Crippen molar-refractivity contribution in [2.24, 2.45) is 0 Å². The Labute approximate surface area is 228 Å². The summed E-state index contributed by atoms with van der Waals surface area (Å²) in [6, 6.07) is 19.2. The lowest BCUT2D eigenvalue weighted by atomic mass is 10.2. The van der Waals surface area contributed by atoms with E-state index >= 15 is 0 Å². The average Bonchev–Trinajstić information content (AvgIpc) is 3.40. The summed E-state index contributed by atoms with van der Waals surface area (Å²) in [5, 5.41) is 2.56. The number of ether oxygens (including phenoxy) is 2. The fraction of sp³-hybridized carbons (Fsp3) is 0.0741. The molecular formula is C27H22N6O6S. The van der Waals surface area contributed by atoms with Crippen LogP contribution in [0.4, 0.5) is 11.6 Å². The second-order valence-corrected chi connectivity index (χ2v) is 10.1. The highest BCUT2D eigenvalue weighted by Gasteiger charge is 2.17. The minimum atomic E-state index is -3.91. The Kier molecular flexibility index (Phi) is 7.37. The summed E-state index contributed by atoms with van der Waals surface area (Å²) in [6.07, 6.45) is 2.82. The lowest BCUT2D eigenvalue weighted by Crippen LogP contribution is -2.21. The van der Waals surface area contributed by atoms with Gasteiger partial charge in [-0.15, -0.1) is 0 Å². The number of nitrogens with one attached hydrogen (secondary N) is 3. The number of carbonyl (C=O) groups excluding carboxylic acids is 2. The molecular weight excluding hydrogens is 536 g/mol. The van der Waals surface area contributed by atoms with E-state index in [2.05, 4.69) is 30.0 Å². The Balaban J connectivity index is 1.17. The number of hydrogen-bond donors (Lipinski definition) is 3. The molecule has 5 aromatic rings. The van der Waals surface area contributed by atoms with E-state index in [4.69, 9.17) is 9.47 Å². The van der Waals surface area contributed by atoms with Crippen LogP contribution in [-0.4, -0.2) is 53.9 Å². The zero-order valence-corrected chi connectivity index (χ0v) is 21.8. The van der Waals surface area contributed by atoms with Crippen LogP contribution in [0.15, 0.2) is 90.1 Å². The molecule has 0 fully saturated rings. The summed E-state index contributed by atoms with van der Waals surface area (Å²) >= 11 is 0. The number of carbonyl (C=O) groups is 2. The number of benzene rings is 3. The van der Waals surface area contributed by atoms with Crippen LogP contribution in [0.3, 0.4) is 0 Å². The van der Waals surface area contributed by atoms with Gasteiger partial charge in [0.25, 0.3) is 15.9 Å². The van der Waals surface area contributed by atoms with Crippen molar-refractivity contribution < 1.29 is 27.5 Å². The van der Waals surface area contributed by atoms with E-state index in [0.717, 1.165) is 11.3 Å². The lowest BCUT2D eigenvalue weighted by Gasteiger charge is -2.09. The van der Waals surface area contributed by atoms with Crippen LogP contribution in [0.1, 0.15) is 10.4 Å². The molecule has 1 amide bonds. The van der Waals surface area contributed by atoms with Gasteiger partial charge in [-0.1, -0.05) is 0 Å². The van der Waals surface area contributed by atoms with E-state index in [1.165, 1.54) is 36.7 Å². The largest absolute Gasteiger partial charge is 0.497 e. The molecule has 0 saturated heterocycles. The fourth-order valence-corrected chi connectivity index (χ4v) is 4.64. The summed E-state index contributed by atoms with van der Waals surface area (Å²) in [5.41, 5.74) is 2.71. The van der Waals surface area contributed by atoms with Gasteiger partial charge in [-0.3, -0.25) is 4.79 Å². The number of esters is 1. The van der Waals surface area contributed by atoms with E-state index in [1.807, 2.05) is 24.3 Å². The molecule has 0 aliphatic carbocycles. The summed E-state index contributed by atoms with van der Waals surface area (Å²) in [4.78, 5) is 40.2. The minimum Gasteiger partial charge on any atom is -0.497 e. The zero-order chi connectivity index (χ0) is 28.1. The Hall–Kier alpha value is -5.30. The van der Waals surface area contributed by atoms with Gasteiger partial charge < -0.3 is 19.8 Å². The normalized spacial score (nSPS) is 11.1. The van der Waals surface area contributed by atoms with Crippen molar-refractivity contribution in [3.05, 3.63) is 90.8 Å². The molecule has 0 spiro atoms. The van der Waals surface area contributed by atoms with E-state index in [0.29, 0.717) is 22.5 Å². The Morgan fingerprint density at radius 2 is 1.68 bits per heavy atom. The first kappa shape index (κ1) is 26.3. The van der Waals surface area contributed by atoms with Gasteiger partial charge >= 0.3 is 5.97 Å². The number of rotatable bonds is 9. The van der Waals surface area contributed by atoms with Crippen LogP contribution >= 0.6 is 0 Å². The van der Waals surface area contributed by atoms with Crippen LogP contribution in [-0.2, 0) is 19.6 Å². The number of hydrogen-bond acceptors (Lipinski definition) is 9. The molecule has 3 aromatic carbocycles. The van der Waals surface area contributed by atoms with Crippen LogP contribution < -0.4 is 14.8 Å². The van der Waals surface area contributed by atoms with Gasteiger partial charge in [0, 0.05) is 23.6 Å². The van der Waals surface area contributed by atoms with Crippen molar-refractivity contribution in [1.82, 2.24) is 19.9 Å². The molecule has 13 heteroatoms. The number of sulfonamides is 1. The molecule has 0 bridgehead atoms. The van der Waals surface area contributed by atoms with Crippen LogP contribution in [0.2, 0.25) is 0 Å². The third-order valence-corrected chi connectivity index (χ3v) is 7.00. The first-order valence-corrected chi connectivity index (χ1v) is 13.3. The van der Waals surface area contributed by atoms with Gasteiger partial charge in [-0.05, 0) is 72.8 Å². The van der Waals surface area contributed by atoms with Crippen molar-refractivity contribution in [2.75, 3.05) is 23.8 Å². The van der Waals surface area contributed by atoms with Crippen molar-refractivity contribution in [3.8, 4) is 17.1 Å². The summed E-state index contributed by atoms with van der Waals surface area (Å²) in [7, 11) is -2.32. The third-order valence-electron chi connectivity index (χ3n) is 5.66. The first-order valence-electron chi connectivity index (χ1n) is 11.8. The van der Waals surface area contributed by atoms with Crippen molar-refractivity contribution in [1.29, 1.82) is 0 Å². The maximum atomic E-state index is 12.6. The molecule has 0 atom stereocenters. The maximum absolute atomic E-state index is 12.6. The molecule has 202 valence electrons. The SMILES string of the molecule is COc1ccc(-c2nc3ccc(C(=O)OCC(=O)Nc4ccc(S(=O)(=O)Nc5ncccn5)cc4)cc3[nH]2)cc1. The number of nitrogens with zero attached hydrogens (tertiary/aromatic N) is 3. The summed E-state index contributed by atoms with van der Waals surface area (Å²) < 4.78 is 37.6. The van der Waals surface area contributed by atoms with Crippen molar-refractivity contribution >= 4 is 44.6 Å². The average molecular weight is 559 g/mol. The second kappa shape index (κ2) is 11.2. The molecule has 5 rings (SSSR count). The number of H-pyrrole nitrogens is 1. The van der Waals surface area contributed by atoms with E-state index in [1.54, 1.807) is 31.4 Å². The van der Waals surface area contributed by atoms with Crippen LogP contribution in [0, 0.1) is 0 Å². The van der Waals surface area contributed by atoms with Gasteiger partial charge in [-0.2, -0.15) is 0 Å². The molecule has 0 unspecified atom stereocenters. The van der Waals surface area contributed by atoms with E-state index in [9.17, 15) is 18.0 Å². The van der Waals surface area contributed by atoms with E-state index in [-0.39, 0.29) is 16.4 Å². The Morgan fingerprint density at radius 1 is 0.950 bits per heavy atom. The van der Waals surface area contributed by atoms with E-state index < -0.39 is 28.5 Å². The number of aromatic amines is 1. The molecule has 3 N–H and O–H groups in total. The Bertz CT molecular complexity index is 1770. The molecule has 0 saturated carbocycles. The van der Waals surface area contributed by atoms with Gasteiger partial charge in [0.15, 0.2) is 6.61 Å². The standard InChI is InChI=1S/C27H22N6O6S/c1-38-20-8-3-17(4-9-20)25-31-22-12-5-18(15-23(22)32-25)26(35)39-16-24(34)30-19-6-10-21(11-7-19)40(36,37)33-27-28-13-2-14-29-27/h2-15H,16H2,1H3,(H,30,34)(H,31,32)(H,28,29,33). The molecule has 0 aliphatic rings. The predicted octanol–water partition coefficient (Wildman–Crippen LogP) is 3.62. The second-order valence-electron chi connectivity index (χ2n) is 8.37. The highest BCUT2D eigenvalue weighted by molar-refractivity contribution is 7.92. The molecule has 0 aliphatic heterocycles. The van der Waals surface area contributed by atoms with Gasteiger partial charge in [-0.25, -0.2) is 32.9 Å². The number of anilines is 2. The molecule has 2 heterocycles. The zero-order valence-electron chi connectivity index (χ0n) is 21.0. The quantitative estimate of drug-likeness (QED) is 0.229. The number of fused-ring (bicyclic) bond motifs is 1. The van der Waals surface area contributed by atoms with Gasteiger partial charge in [0.2, 0.25) is 5.95 Å². The van der Waals surface area contributed by atoms with Crippen molar-refractivity contribution in [2.45, 2.75) is 4.90 Å². The highest BCUT2D eigenvalue weighted by Crippen LogP contribution is 2.24. The number of amides is 1. The van der Waals surface area contributed by atoms with Crippen molar-refractivity contribution in [3.63, 3.8) is 0 Å². The summed E-state index contributed by atoms with van der Waals surface area (Å²) in [5.74, 6) is 0.0136.